The van der Waals surface area contributed by atoms with Crippen molar-refractivity contribution in [3.05, 3.63) is 60.0 Å². The Bertz CT molecular complexity index is 875. The minimum absolute atomic E-state index is 0.0746. The fraction of sp³-hybridized carbons (Fsp3) is 0.450. The summed E-state index contributed by atoms with van der Waals surface area (Å²) < 4.78 is 7.61. The average molecular weight is 349 g/mol. The topological polar surface area (TPSA) is 60.0 Å². The second kappa shape index (κ2) is 6.36. The second-order valence-corrected chi connectivity index (χ2v) is 7.54. The lowest BCUT2D eigenvalue weighted by molar-refractivity contribution is 0.0711. The molecule has 0 amide bonds. The Morgan fingerprint density at radius 3 is 2.65 bits per heavy atom. The molecule has 0 radical (unpaired) electrons. The standard InChI is InChI=1S/C20H23N5O/c1-2-6-17(7-3-1)25-13-8-16(22-25)14-18-21-19(26-23-18)20-9-4-11-24(15-20)12-5-10-20/h1-3,6-8,13H,4-5,9-12,14-15H2. The molecule has 2 aliphatic heterocycles. The summed E-state index contributed by atoms with van der Waals surface area (Å²) in [5.74, 6) is 1.56. The fourth-order valence-electron chi connectivity index (χ4n) is 4.43. The Morgan fingerprint density at radius 1 is 1.04 bits per heavy atom. The fourth-order valence-corrected chi connectivity index (χ4v) is 4.43. The van der Waals surface area contributed by atoms with E-state index >= 15 is 0 Å². The minimum Gasteiger partial charge on any atom is -0.339 e. The highest BCUT2D eigenvalue weighted by Crippen LogP contribution is 2.40. The van der Waals surface area contributed by atoms with Gasteiger partial charge in [-0.15, -0.1) is 0 Å². The van der Waals surface area contributed by atoms with Crippen LogP contribution < -0.4 is 0 Å². The summed E-state index contributed by atoms with van der Waals surface area (Å²) in [6.07, 6.45) is 7.34. The van der Waals surface area contributed by atoms with E-state index in [1.54, 1.807) is 0 Å². The van der Waals surface area contributed by atoms with E-state index in [9.17, 15) is 0 Å². The van der Waals surface area contributed by atoms with Crippen LogP contribution in [0.25, 0.3) is 5.69 Å². The van der Waals surface area contributed by atoms with Crippen LogP contribution in [0.15, 0.2) is 47.1 Å². The van der Waals surface area contributed by atoms with Gasteiger partial charge in [0.05, 0.1) is 23.2 Å². The van der Waals surface area contributed by atoms with Gasteiger partial charge in [0, 0.05) is 12.7 Å². The highest BCUT2D eigenvalue weighted by molar-refractivity contribution is 5.30. The van der Waals surface area contributed by atoms with Crippen molar-refractivity contribution in [2.45, 2.75) is 37.5 Å². The summed E-state index contributed by atoms with van der Waals surface area (Å²) in [5, 5.41) is 8.90. The van der Waals surface area contributed by atoms with E-state index in [1.807, 2.05) is 47.3 Å². The maximum absolute atomic E-state index is 5.72. The lowest BCUT2D eigenvalue weighted by Crippen LogP contribution is -2.50. The third-order valence-electron chi connectivity index (χ3n) is 5.71. The molecule has 3 aromatic rings. The monoisotopic (exact) mass is 349 g/mol. The first-order valence-electron chi connectivity index (χ1n) is 9.46. The van der Waals surface area contributed by atoms with Gasteiger partial charge in [-0.05, 0) is 57.0 Å². The summed E-state index contributed by atoms with van der Waals surface area (Å²) in [6, 6.07) is 12.1. The zero-order valence-electron chi connectivity index (χ0n) is 14.8. The van der Waals surface area contributed by atoms with Crippen molar-refractivity contribution in [1.29, 1.82) is 0 Å². The van der Waals surface area contributed by atoms with Crippen LogP contribution in [-0.2, 0) is 11.8 Å². The molecule has 0 aliphatic carbocycles. The number of hydrogen-bond acceptors (Lipinski definition) is 5. The lowest BCUT2D eigenvalue weighted by atomic mass is 9.73. The summed E-state index contributed by atoms with van der Waals surface area (Å²) in [6.45, 7) is 3.48. The molecule has 0 unspecified atom stereocenters. The van der Waals surface area contributed by atoms with Gasteiger partial charge in [-0.2, -0.15) is 10.1 Å². The highest BCUT2D eigenvalue weighted by atomic mass is 16.5. The van der Waals surface area contributed by atoms with Crippen LogP contribution in [0.4, 0.5) is 0 Å². The molecule has 0 N–H and O–H groups in total. The molecule has 6 heteroatoms. The number of rotatable bonds is 4. The third kappa shape index (κ3) is 2.84. The lowest BCUT2D eigenvalue weighted by Gasteiger charge is -2.44. The summed E-state index contributed by atoms with van der Waals surface area (Å²) in [4.78, 5) is 7.31. The first-order valence-corrected chi connectivity index (χ1v) is 9.46. The molecule has 0 saturated carbocycles. The van der Waals surface area contributed by atoms with E-state index in [1.165, 1.54) is 25.9 Å². The van der Waals surface area contributed by atoms with Crippen molar-refractivity contribution in [2.24, 2.45) is 0 Å². The van der Waals surface area contributed by atoms with Crippen LogP contribution in [0.3, 0.4) is 0 Å². The SMILES string of the molecule is c1ccc(-n2ccc(Cc3noc(C45CCCN(CCC4)C5)n3)n2)cc1. The molecule has 0 spiro atoms. The number of hydrogen-bond donors (Lipinski definition) is 0. The predicted octanol–water partition coefficient (Wildman–Crippen LogP) is 2.97. The Morgan fingerprint density at radius 2 is 1.85 bits per heavy atom. The summed E-state index contributed by atoms with van der Waals surface area (Å²) >= 11 is 0. The maximum Gasteiger partial charge on any atom is 0.234 e. The van der Waals surface area contributed by atoms with E-state index in [0.29, 0.717) is 6.42 Å². The van der Waals surface area contributed by atoms with Crippen LogP contribution in [0.1, 0.15) is 43.1 Å². The number of benzene rings is 1. The number of piperidine rings is 2. The first kappa shape index (κ1) is 15.8. The molecule has 2 saturated heterocycles. The molecular weight excluding hydrogens is 326 g/mol. The summed E-state index contributed by atoms with van der Waals surface area (Å²) in [5.41, 5.74) is 2.08. The van der Waals surface area contributed by atoms with E-state index in [0.717, 1.165) is 42.5 Å². The van der Waals surface area contributed by atoms with E-state index < -0.39 is 0 Å². The third-order valence-corrected chi connectivity index (χ3v) is 5.71. The van der Waals surface area contributed by atoms with Gasteiger partial charge in [0.2, 0.25) is 5.89 Å². The van der Waals surface area contributed by atoms with Gasteiger partial charge in [0.25, 0.3) is 0 Å². The molecular formula is C20H23N5O. The molecule has 4 heterocycles. The van der Waals surface area contributed by atoms with Gasteiger partial charge in [-0.1, -0.05) is 23.4 Å². The van der Waals surface area contributed by atoms with Crippen molar-refractivity contribution in [3.8, 4) is 5.69 Å². The van der Waals surface area contributed by atoms with Crippen LogP contribution in [0.5, 0.6) is 0 Å². The molecule has 2 aliphatic rings. The quantitative estimate of drug-likeness (QED) is 0.725. The molecule has 2 fully saturated rings. The van der Waals surface area contributed by atoms with Gasteiger partial charge < -0.3 is 9.42 Å². The van der Waals surface area contributed by atoms with Crippen LogP contribution >= 0.6 is 0 Å². The van der Waals surface area contributed by atoms with Crippen LogP contribution in [-0.4, -0.2) is 44.5 Å². The maximum atomic E-state index is 5.72. The molecule has 2 bridgehead atoms. The van der Waals surface area contributed by atoms with Crippen molar-refractivity contribution in [3.63, 3.8) is 0 Å². The molecule has 0 atom stereocenters. The van der Waals surface area contributed by atoms with Crippen molar-refractivity contribution in [2.75, 3.05) is 19.6 Å². The van der Waals surface area contributed by atoms with Gasteiger partial charge in [-0.3, -0.25) is 0 Å². The Hall–Kier alpha value is -2.47. The zero-order valence-corrected chi connectivity index (χ0v) is 14.8. The molecule has 2 aromatic heterocycles. The van der Waals surface area contributed by atoms with Crippen molar-refractivity contribution >= 4 is 0 Å². The van der Waals surface area contributed by atoms with Crippen molar-refractivity contribution < 1.29 is 4.52 Å². The number of para-hydroxylation sites is 1. The molecule has 1 aromatic carbocycles. The number of aromatic nitrogens is 4. The Kier molecular flexibility index (Phi) is 3.85. The summed E-state index contributed by atoms with van der Waals surface area (Å²) in [7, 11) is 0. The second-order valence-electron chi connectivity index (χ2n) is 7.54. The highest BCUT2D eigenvalue weighted by Gasteiger charge is 2.43. The number of fused-ring (bicyclic) bond motifs is 2. The van der Waals surface area contributed by atoms with Gasteiger partial charge >= 0.3 is 0 Å². The molecule has 6 nitrogen and oxygen atoms in total. The Balaban J connectivity index is 1.34. The van der Waals surface area contributed by atoms with Gasteiger partial charge in [-0.25, -0.2) is 4.68 Å². The van der Waals surface area contributed by atoms with Crippen molar-refractivity contribution in [1.82, 2.24) is 24.8 Å². The normalized spacial score (nSPS) is 25.3. The van der Waals surface area contributed by atoms with E-state index in [4.69, 9.17) is 9.51 Å². The predicted molar refractivity (Wildman–Crippen MR) is 97.3 cm³/mol. The number of nitrogens with zero attached hydrogens (tertiary/aromatic N) is 5. The van der Waals surface area contributed by atoms with E-state index in [2.05, 4.69) is 15.2 Å². The van der Waals surface area contributed by atoms with Crippen LogP contribution in [0, 0.1) is 0 Å². The average Bonchev–Trinajstić information content (AvgIpc) is 3.33. The first-order chi connectivity index (χ1) is 12.8. The smallest absolute Gasteiger partial charge is 0.234 e. The molecule has 5 rings (SSSR count). The van der Waals surface area contributed by atoms with Gasteiger partial charge in [0.15, 0.2) is 5.82 Å². The minimum atomic E-state index is 0.0746. The van der Waals surface area contributed by atoms with E-state index in [-0.39, 0.29) is 5.41 Å². The Labute approximate surface area is 152 Å². The largest absolute Gasteiger partial charge is 0.339 e. The zero-order chi connectivity index (χ0) is 17.4. The van der Waals surface area contributed by atoms with Crippen LogP contribution in [0.2, 0.25) is 0 Å². The van der Waals surface area contributed by atoms with Gasteiger partial charge in [0.1, 0.15) is 0 Å². The molecule has 134 valence electrons. The molecule has 26 heavy (non-hydrogen) atoms.